The zero-order valence-electron chi connectivity index (χ0n) is 9.96. The van der Waals surface area contributed by atoms with E-state index >= 15 is 0 Å². The SMILES string of the molecule is O=C(Nc1ccc(Cl)cc1Cl)[C@H]1C[C@H]2CC[C@H]1C2. The molecule has 3 rings (SSSR count). The average molecular weight is 284 g/mol. The van der Waals surface area contributed by atoms with Crippen molar-refractivity contribution in [3.05, 3.63) is 28.2 Å². The third kappa shape index (κ3) is 2.24. The molecule has 2 fully saturated rings. The van der Waals surface area contributed by atoms with Crippen LogP contribution in [-0.4, -0.2) is 5.91 Å². The first kappa shape index (κ1) is 12.3. The number of fused-ring (bicyclic) bond motifs is 2. The minimum atomic E-state index is 0.117. The van der Waals surface area contributed by atoms with Gasteiger partial charge < -0.3 is 5.32 Å². The molecule has 1 aromatic carbocycles. The molecule has 2 aliphatic carbocycles. The third-order valence-electron chi connectivity index (χ3n) is 4.26. The van der Waals surface area contributed by atoms with Gasteiger partial charge in [0.2, 0.25) is 5.91 Å². The Morgan fingerprint density at radius 3 is 2.67 bits per heavy atom. The molecule has 18 heavy (non-hydrogen) atoms. The molecule has 1 N–H and O–H groups in total. The molecule has 2 saturated carbocycles. The van der Waals surface area contributed by atoms with Crippen molar-refractivity contribution in [1.82, 2.24) is 0 Å². The maximum Gasteiger partial charge on any atom is 0.227 e. The van der Waals surface area contributed by atoms with E-state index in [2.05, 4.69) is 5.32 Å². The third-order valence-corrected chi connectivity index (χ3v) is 4.81. The number of hydrogen-bond donors (Lipinski definition) is 1. The van der Waals surface area contributed by atoms with Crippen molar-refractivity contribution in [3.8, 4) is 0 Å². The van der Waals surface area contributed by atoms with E-state index in [-0.39, 0.29) is 11.8 Å². The minimum Gasteiger partial charge on any atom is -0.325 e. The summed E-state index contributed by atoms with van der Waals surface area (Å²) in [7, 11) is 0. The fourth-order valence-electron chi connectivity index (χ4n) is 3.38. The maximum absolute atomic E-state index is 12.2. The van der Waals surface area contributed by atoms with E-state index in [0.29, 0.717) is 21.7 Å². The molecular formula is C14H15Cl2NO. The normalized spacial score (nSPS) is 29.6. The summed E-state index contributed by atoms with van der Waals surface area (Å²) in [5.41, 5.74) is 0.661. The summed E-state index contributed by atoms with van der Waals surface area (Å²) >= 11 is 11.9. The van der Waals surface area contributed by atoms with Gasteiger partial charge >= 0.3 is 0 Å². The Morgan fingerprint density at radius 2 is 2.06 bits per heavy atom. The molecule has 0 heterocycles. The molecule has 2 aliphatic rings. The van der Waals surface area contributed by atoms with E-state index in [9.17, 15) is 4.79 Å². The van der Waals surface area contributed by atoms with Crippen molar-refractivity contribution >= 4 is 34.8 Å². The Labute approximate surface area is 117 Å². The van der Waals surface area contributed by atoms with Crippen LogP contribution >= 0.6 is 23.2 Å². The van der Waals surface area contributed by atoms with Gasteiger partial charge in [-0.1, -0.05) is 29.6 Å². The average Bonchev–Trinajstić information content (AvgIpc) is 2.94. The zero-order chi connectivity index (χ0) is 12.7. The topological polar surface area (TPSA) is 29.1 Å². The van der Waals surface area contributed by atoms with Gasteiger partial charge in [0.25, 0.3) is 0 Å². The molecular weight excluding hydrogens is 269 g/mol. The predicted octanol–water partition coefficient (Wildman–Crippen LogP) is 4.37. The van der Waals surface area contributed by atoms with Gasteiger partial charge in [-0.15, -0.1) is 0 Å². The second kappa shape index (κ2) is 4.75. The van der Waals surface area contributed by atoms with Gasteiger partial charge in [-0.2, -0.15) is 0 Å². The Hall–Kier alpha value is -0.730. The largest absolute Gasteiger partial charge is 0.325 e. The van der Waals surface area contributed by atoms with Crippen molar-refractivity contribution in [2.75, 3.05) is 5.32 Å². The number of rotatable bonds is 2. The van der Waals surface area contributed by atoms with Gasteiger partial charge in [-0.25, -0.2) is 0 Å². The molecule has 2 bridgehead atoms. The van der Waals surface area contributed by atoms with E-state index in [1.54, 1.807) is 18.2 Å². The summed E-state index contributed by atoms with van der Waals surface area (Å²) in [5.74, 6) is 1.65. The number of anilines is 1. The van der Waals surface area contributed by atoms with Crippen LogP contribution in [0, 0.1) is 17.8 Å². The lowest BCUT2D eigenvalue weighted by atomic mass is 9.88. The number of amides is 1. The van der Waals surface area contributed by atoms with Crippen molar-refractivity contribution in [3.63, 3.8) is 0 Å². The molecule has 0 unspecified atom stereocenters. The highest BCUT2D eigenvalue weighted by Gasteiger charge is 2.43. The van der Waals surface area contributed by atoms with E-state index in [1.165, 1.54) is 19.3 Å². The highest BCUT2D eigenvalue weighted by atomic mass is 35.5. The number of carbonyl (C=O) groups is 1. The Bertz CT molecular complexity index is 489. The summed E-state index contributed by atoms with van der Waals surface area (Å²) in [6.45, 7) is 0. The molecule has 0 radical (unpaired) electrons. The van der Waals surface area contributed by atoms with Gasteiger partial charge in [0.15, 0.2) is 0 Å². The van der Waals surface area contributed by atoms with E-state index in [0.717, 1.165) is 12.3 Å². The summed E-state index contributed by atoms with van der Waals surface area (Å²) < 4.78 is 0. The zero-order valence-corrected chi connectivity index (χ0v) is 11.5. The van der Waals surface area contributed by atoms with Crippen LogP contribution in [0.5, 0.6) is 0 Å². The molecule has 0 aliphatic heterocycles. The number of nitrogens with one attached hydrogen (secondary N) is 1. The molecule has 4 heteroatoms. The molecule has 2 nitrogen and oxygen atoms in total. The first-order valence-corrected chi connectivity index (χ1v) is 7.15. The summed E-state index contributed by atoms with van der Waals surface area (Å²) in [5, 5.41) is 4.02. The van der Waals surface area contributed by atoms with Gasteiger partial charge in [-0.05, 0) is 49.3 Å². The smallest absolute Gasteiger partial charge is 0.227 e. The first-order valence-electron chi connectivity index (χ1n) is 6.39. The van der Waals surface area contributed by atoms with Crippen molar-refractivity contribution in [1.29, 1.82) is 0 Å². The number of carbonyl (C=O) groups excluding carboxylic acids is 1. The number of benzene rings is 1. The van der Waals surface area contributed by atoms with Crippen LogP contribution < -0.4 is 5.32 Å². The van der Waals surface area contributed by atoms with Crippen molar-refractivity contribution < 1.29 is 4.79 Å². The summed E-state index contributed by atoms with van der Waals surface area (Å²) in [6, 6.07) is 5.15. The van der Waals surface area contributed by atoms with Crippen LogP contribution in [0.2, 0.25) is 10.0 Å². The van der Waals surface area contributed by atoms with Gasteiger partial charge in [0.1, 0.15) is 0 Å². The summed E-state index contributed by atoms with van der Waals surface area (Å²) in [4.78, 5) is 12.2. The van der Waals surface area contributed by atoms with Gasteiger partial charge in [-0.3, -0.25) is 4.79 Å². The minimum absolute atomic E-state index is 0.117. The highest BCUT2D eigenvalue weighted by molar-refractivity contribution is 6.36. The van der Waals surface area contributed by atoms with Crippen LogP contribution in [0.1, 0.15) is 25.7 Å². The van der Waals surface area contributed by atoms with Gasteiger partial charge in [0.05, 0.1) is 10.7 Å². The van der Waals surface area contributed by atoms with Crippen LogP contribution in [0.4, 0.5) is 5.69 Å². The molecule has 0 spiro atoms. The lowest BCUT2D eigenvalue weighted by Gasteiger charge is -2.21. The molecule has 96 valence electrons. The number of hydrogen-bond acceptors (Lipinski definition) is 1. The monoisotopic (exact) mass is 283 g/mol. The van der Waals surface area contributed by atoms with Crippen LogP contribution in [-0.2, 0) is 4.79 Å². The molecule has 0 aromatic heterocycles. The molecule has 3 atom stereocenters. The van der Waals surface area contributed by atoms with Crippen LogP contribution in [0.15, 0.2) is 18.2 Å². The standard InChI is InChI=1S/C14H15Cl2NO/c15-10-3-4-13(12(16)7-10)17-14(18)11-6-8-1-2-9(11)5-8/h3-4,7-9,11H,1-2,5-6H2,(H,17,18)/t8-,9-,11-/m0/s1. The highest BCUT2D eigenvalue weighted by Crippen LogP contribution is 2.48. The quantitative estimate of drug-likeness (QED) is 0.858. The first-order chi connectivity index (χ1) is 8.63. The molecule has 1 amide bonds. The fourth-order valence-corrected chi connectivity index (χ4v) is 3.84. The lowest BCUT2D eigenvalue weighted by Crippen LogP contribution is -2.27. The second-order valence-electron chi connectivity index (χ2n) is 5.39. The van der Waals surface area contributed by atoms with E-state index < -0.39 is 0 Å². The Balaban J connectivity index is 1.71. The molecule has 1 aromatic rings. The number of halogens is 2. The van der Waals surface area contributed by atoms with E-state index in [1.807, 2.05) is 0 Å². The predicted molar refractivity (Wildman–Crippen MR) is 74.0 cm³/mol. The summed E-state index contributed by atoms with van der Waals surface area (Å²) in [6.07, 6.45) is 4.78. The van der Waals surface area contributed by atoms with Crippen LogP contribution in [0.3, 0.4) is 0 Å². The fraction of sp³-hybridized carbons (Fsp3) is 0.500. The Kier molecular flexibility index (Phi) is 3.25. The van der Waals surface area contributed by atoms with Crippen LogP contribution in [0.25, 0.3) is 0 Å². The lowest BCUT2D eigenvalue weighted by molar-refractivity contribution is -0.121. The van der Waals surface area contributed by atoms with Crippen molar-refractivity contribution in [2.24, 2.45) is 17.8 Å². The van der Waals surface area contributed by atoms with E-state index in [4.69, 9.17) is 23.2 Å². The Morgan fingerprint density at radius 1 is 1.22 bits per heavy atom. The second-order valence-corrected chi connectivity index (χ2v) is 6.24. The maximum atomic E-state index is 12.2. The van der Waals surface area contributed by atoms with Gasteiger partial charge in [0, 0.05) is 10.9 Å². The van der Waals surface area contributed by atoms with Crippen molar-refractivity contribution in [2.45, 2.75) is 25.7 Å². The molecule has 0 saturated heterocycles.